The van der Waals surface area contributed by atoms with Crippen LogP contribution < -0.4 is 0 Å². The first kappa shape index (κ1) is 7.56. The lowest BCUT2D eigenvalue weighted by atomic mass is 10.3. The van der Waals surface area contributed by atoms with Crippen LogP contribution in [-0.2, 0) is 0 Å². The number of fused-ring (bicyclic) bond motifs is 1. The van der Waals surface area contributed by atoms with Crippen LogP contribution in [0.3, 0.4) is 0 Å². The van der Waals surface area contributed by atoms with E-state index in [-0.39, 0.29) is 0 Å². The quantitative estimate of drug-likeness (QED) is 0.745. The first-order chi connectivity index (χ1) is 6.36. The van der Waals surface area contributed by atoms with Crippen molar-refractivity contribution in [3.05, 3.63) is 34.7 Å². The Balaban J connectivity index is 2.30. The number of halogens is 1. The van der Waals surface area contributed by atoms with E-state index in [0.29, 0.717) is 5.92 Å². The van der Waals surface area contributed by atoms with Gasteiger partial charge < -0.3 is 0 Å². The lowest BCUT2D eigenvalue weighted by molar-refractivity contribution is 1.04. The summed E-state index contributed by atoms with van der Waals surface area (Å²) in [6, 6.07) is 6.08. The molecule has 1 fully saturated rings. The van der Waals surface area contributed by atoms with Gasteiger partial charge in [0.2, 0.25) is 0 Å². The van der Waals surface area contributed by atoms with E-state index in [9.17, 15) is 0 Å². The van der Waals surface area contributed by atoms with Crippen molar-refractivity contribution in [3.63, 3.8) is 0 Å². The van der Waals surface area contributed by atoms with Crippen LogP contribution in [0, 0.1) is 0 Å². The van der Waals surface area contributed by atoms with E-state index in [2.05, 4.69) is 25.3 Å². The maximum Gasteiger partial charge on any atom is 0.137 e. The Morgan fingerprint density at radius 3 is 2.92 bits per heavy atom. The highest BCUT2D eigenvalue weighted by Gasteiger charge is 2.29. The SMILES string of the molecule is Brc1c(C2CC2)nc2ccccn12. The molecule has 66 valence electrons. The van der Waals surface area contributed by atoms with Crippen molar-refractivity contribution in [2.75, 3.05) is 0 Å². The average molecular weight is 237 g/mol. The maximum atomic E-state index is 4.59. The fourth-order valence-corrected chi connectivity index (χ4v) is 2.31. The monoisotopic (exact) mass is 236 g/mol. The standard InChI is InChI=1S/C10H9BrN2/c11-10-9(7-4-5-7)12-8-3-1-2-6-13(8)10/h1-3,6-7H,4-5H2. The van der Waals surface area contributed by atoms with Gasteiger partial charge in [0, 0.05) is 12.1 Å². The summed E-state index contributed by atoms with van der Waals surface area (Å²) in [6.45, 7) is 0. The summed E-state index contributed by atoms with van der Waals surface area (Å²) in [5.41, 5.74) is 2.27. The second-order valence-corrected chi connectivity index (χ2v) is 4.24. The van der Waals surface area contributed by atoms with Gasteiger partial charge in [0.25, 0.3) is 0 Å². The molecule has 0 atom stereocenters. The van der Waals surface area contributed by atoms with Crippen molar-refractivity contribution >= 4 is 21.6 Å². The van der Waals surface area contributed by atoms with Crippen molar-refractivity contribution < 1.29 is 0 Å². The molecule has 0 bridgehead atoms. The molecule has 0 amide bonds. The van der Waals surface area contributed by atoms with Crippen LogP contribution in [0.1, 0.15) is 24.5 Å². The fraction of sp³-hybridized carbons (Fsp3) is 0.300. The first-order valence-corrected chi connectivity index (χ1v) is 5.28. The normalized spacial score (nSPS) is 16.7. The molecule has 0 radical (unpaired) electrons. The van der Waals surface area contributed by atoms with Gasteiger partial charge in [0.05, 0.1) is 5.69 Å². The van der Waals surface area contributed by atoms with Gasteiger partial charge in [-0.3, -0.25) is 4.40 Å². The van der Waals surface area contributed by atoms with Crippen LogP contribution in [0.4, 0.5) is 0 Å². The van der Waals surface area contributed by atoms with Gasteiger partial charge >= 0.3 is 0 Å². The molecule has 2 heterocycles. The number of imidazole rings is 1. The second kappa shape index (κ2) is 2.58. The number of hydrogen-bond donors (Lipinski definition) is 0. The lowest BCUT2D eigenvalue weighted by Gasteiger charge is -1.92. The molecular weight excluding hydrogens is 228 g/mol. The minimum atomic E-state index is 0.703. The third-order valence-corrected chi connectivity index (χ3v) is 3.25. The van der Waals surface area contributed by atoms with Gasteiger partial charge in [-0.1, -0.05) is 6.07 Å². The Hall–Kier alpha value is -0.830. The molecule has 13 heavy (non-hydrogen) atoms. The molecule has 2 aromatic rings. The van der Waals surface area contributed by atoms with Crippen molar-refractivity contribution in [2.24, 2.45) is 0 Å². The van der Waals surface area contributed by atoms with Crippen LogP contribution in [-0.4, -0.2) is 9.38 Å². The Labute approximate surface area is 84.7 Å². The average Bonchev–Trinajstić information content (AvgIpc) is 2.94. The first-order valence-electron chi connectivity index (χ1n) is 4.49. The minimum Gasteiger partial charge on any atom is -0.294 e. The van der Waals surface area contributed by atoms with Crippen LogP contribution in [0.2, 0.25) is 0 Å². The Morgan fingerprint density at radius 1 is 1.38 bits per heavy atom. The van der Waals surface area contributed by atoms with E-state index in [1.54, 1.807) is 0 Å². The zero-order valence-electron chi connectivity index (χ0n) is 7.07. The predicted octanol–water partition coefficient (Wildman–Crippen LogP) is 2.97. The van der Waals surface area contributed by atoms with Gasteiger partial charge in [-0.05, 0) is 40.9 Å². The minimum absolute atomic E-state index is 0.703. The molecule has 1 aliphatic rings. The van der Waals surface area contributed by atoms with Crippen molar-refractivity contribution in [1.82, 2.24) is 9.38 Å². The van der Waals surface area contributed by atoms with Crippen LogP contribution in [0.25, 0.3) is 5.65 Å². The molecule has 1 saturated carbocycles. The summed E-state index contributed by atoms with van der Waals surface area (Å²) in [5.74, 6) is 0.703. The summed E-state index contributed by atoms with van der Waals surface area (Å²) in [6.07, 6.45) is 4.63. The smallest absolute Gasteiger partial charge is 0.137 e. The summed E-state index contributed by atoms with van der Waals surface area (Å²) < 4.78 is 3.22. The molecule has 1 aliphatic carbocycles. The molecule has 2 nitrogen and oxygen atoms in total. The highest BCUT2D eigenvalue weighted by molar-refractivity contribution is 9.10. The number of aromatic nitrogens is 2. The van der Waals surface area contributed by atoms with Crippen molar-refractivity contribution in [1.29, 1.82) is 0 Å². The van der Waals surface area contributed by atoms with E-state index in [1.165, 1.54) is 18.5 Å². The Bertz CT molecular complexity index is 457. The summed E-state index contributed by atoms with van der Waals surface area (Å²) in [5, 5.41) is 0. The third-order valence-electron chi connectivity index (χ3n) is 2.46. The topological polar surface area (TPSA) is 17.3 Å². The number of nitrogens with zero attached hydrogens (tertiary/aromatic N) is 2. The molecule has 0 aromatic carbocycles. The summed E-state index contributed by atoms with van der Waals surface area (Å²) in [4.78, 5) is 4.59. The summed E-state index contributed by atoms with van der Waals surface area (Å²) in [7, 11) is 0. The van der Waals surface area contributed by atoms with E-state index < -0.39 is 0 Å². The maximum absolute atomic E-state index is 4.59. The molecule has 0 N–H and O–H groups in total. The van der Waals surface area contributed by atoms with Crippen LogP contribution in [0.5, 0.6) is 0 Å². The highest BCUT2D eigenvalue weighted by Crippen LogP contribution is 2.42. The van der Waals surface area contributed by atoms with E-state index in [4.69, 9.17) is 0 Å². The second-order valence-electron chi connectivity index (χ2n) is 3.49. The molecule has 0 saturated heterocycles. The number of rotatable bonds is 1. The summed E-state index contributed by atoms with van der Waals surface area (Å²) >= 11 is 3.59. The van der Waals surface area contributed by atoms with Crippen LogP contribution >= 0.6 is 15.9 Å². The van der Waals surface area contributed by atoms with E-state index >= 15 is 0 Å². The van der Waals surface area contributed by atoms with E-state index in [0.717, 1.165) is 10.3 Å². The zero-order valence-corrected chi connectivity index (χ0v) is 8.66. The molecule has 0 aliphatic heterocycles. The predicted molar refractivity (Wildman–Crippen MR) is 54.9 cm³/mol. The Morgan fingerprint density at radius 2 is 2.23 bits per heavy atom. The molecule has 3 heteroatoms. The third kappa shape index (κ3) is 1.10. The van der Waals surface area contributed by atoms with Gasteiger partial charge in [-0.15, -0.1) is 0 Å². The van der Waals surface area contributed by atoms with Gasteiger partial charge in [0.1, 0.15) is 10.3 Å². The largest absolute Gasteiger partial charge is 0.294 e. The highest BCUT2D eigenvalue weighted by atomic mass is 79.9. The van der Waals surface area contributed by atoms with Crippen LogP contribution in [0.15, 0.2) is 29.0 Å². The molecule has 2 aromatic heterocycles. The molecular formula is C10H9BrN2. The number of hydrogen-bond acceptors (Lipinski definition) is 1. The van der Waals surface area contributed by atoms with Crippen molar-refractivity contribution in [2.45, 2.75) is 18.8 Å². The van der Waals surface area contributed by atoms with Gasteiger partial charge in [-0.2, -0.15) is 0 Å². The zero-order chi connectivity index (χ0) is 8.84. The van der Waals surface area contributed by atoms with Gasteiger partial charge in [0.15, 0.2) is 0 Å². The Kier molecular flexibility index (Phi) is 1.50. The number of pyridine rings is 1. The molecule has 0 spiro atoms. The van der Waals surface area contributed by atoms with Crippen molar-refractivity contribution in [3.8, 4) is 0 Å². The fourth-order valence-electron chi connectivity index (χ4n) is 1.60. The lowest BCUT2D eigenvalue weighted by Crippen LogP contribution is -1.82. The van der Waals surface area contributed by atoms with Gasteiger partial charge in [-0.25, -0.2) is 4.98 Å². The van der Waals surface area contributed by atoms with E-state index in [1.807, 2.05) is 24.4 Å². The molecule has 0 unspecified atom stereocenters. The molecule has 3 rings (SSSR count).